The Kier molecular flexibility index (Phi) is 6.04. The highest BCUT2D eigenvalue weighted by Crippen LogP contribution is 2.32. The van der Waals surface area contributed by atoms with Gasteiger partial charge in [0.25, 0.3) is 0 Å². The van der Waals surface area contributed by atoms with Crippen molar-refractivity contribution in [3.63, 3.8) is 0 Å². The van der Waals surface area contributed by atoms with Crippen LogP contribution in [0, 0.1) is 11.7 Å². The van der Waals surface area contributed by atoms with Gasteiger partial charge < -0.3 is 25.4 Å². The molecule has 0 saturated carbocycles. The number of halogens is 2. The molecule has 3 aromatic carbocycles. The van der Waals surface area contributed by atoms with E-state index >= 15 is 0 Å². The summed E-state index contributed by atoms with van der Waals surface area (Å²) in [6.45, 7) is 1.69. The minimum absolute atomic E-state index is 0.219. The highest BCUT2D eigenvalue weighted by atomic mass is 35.5. The lowest BCUT2D eigenvalue weighted by Crippen LogP contribution is -2.29. The topological polar surface area (TPSA) is 80.3 Å². The number of rotatable bonds is 7. The van der Waals surface area contributed by atoms with Crippen LogP contribution >= 0.6 is 11.6 Å². The van der Waals surface area contributed by atoms with Crippen LogP contribution in [0.2, 0.25) is 5.02 Å². The molecule has 6 rings (SSSR count). The molecule has 0 amide bonds. The van der Waals surface area contributed by atoms with E-state index in [0.29, 0.717) is 28.5 Å². The van der Waals surface area contributed by atoms with Gasteiger partial charge in [0.2, 0.25) is 0 Å². The van der Waals surface area contributed by atoms with E-state index in [9.17, 15) is 4.39 Å². The number of hydrogen-bond donors (Lipinski definition) is 3. The van der Waals surface area contributed by atoms with E-state index in [1.165, 1.54) is 18.5 Å². The Morgan fingerprint density at radius 2 is 1.92 bits per heavy atom. The first-order valence-electron chi connectivity index (χ1n) is 11.6. The fourth-order valence-corrected chi connectivity index (χ4v) is 4.67. The summed E-state index contributed by atoms with van der Waals surface area (Å²) in [4.78, 5) is 8.85. The molecule has 2 unspecified atom stereocenters. The first-order chi connectivity index (χ1) is 17.6. The molecule has 0 aliphatic carbocycles. The fraction of sp³-hybridized carbons (Fsp3) is 0.185. The zero-order valence-electron chi connectivity index (χ0n) is 19.2. The quantitative estimate of drug-likeness (QED) is 0.302. The van der Waals surface area contributed by atoms with Gasteiger partial charge in [-0.2, -0.15) is 0 Å². The van der Waals surface area contributed by atoms with Crippen LogP contribution in [0.1, 0.15) is 5.56 Å². The summed E-state index contributed by atoms with van der Waals surface area (Å²) in [5.74, 6) is 2.26. The zero-order valence-corrected chi connectivity index (χ0v) is 19.9. The van der Waals surface area contributed by atoms with Crippen molar-refractivity contribution in [2.75, 3.05) is 23.8 Å². The summed E-state index contributed by atoms with van der Waals surface area (Å²) >= 11 is 6.47. The molecular formula is C27H23ClFN5O2. The van der Waals surface area contributed by atoms with E-state index in [2.05, 4.69) is 32.0 Å². The van der Waals surface area contributed by atoms with Gasteiger partial charge in [0.15, 0.2) is 0 Å². The van der Waals surface area contributed by atoms with Gasteiger partial charge in [-0.15, -0.1) is 0 Å². The van der Waals surface area contributed by atoms with Crippen molar-refractivity contribution < 1.29 is 13.9 Å². The maximum absolute atomic E-state index is 13.4. The molecule has 4 aromatic rings. The van der Waals surface area contributed by atoms with Crippen LogP contribution in [0.5, 0.6) is 5.75 Å². The van der Waals surface area contributed by atoms with Crippen molar-refractivity contribution in [2.24, 2.45) is 5.92 Å². The maximum atomic E-state index is 13.4. The molecule has 7 nitrogen and oxygen atoms in total. The summed E-state index contributed by atoms with van der Waals surface area (Å²) in [7, 11) is 0. The summed E-state index contributed by atoms with van der Waals surface area (Å²) in [6, 6.07) is 18.0. The second-order valence-electron chi connectivity index (χ2n) is 8.80. The molecule has 3 heterocycles. The molecule has 2 aliphatic rings. The largest absolute Gasteiger partial charge is 0.487 e. The van der Waals surface area contributed by atoms with Gasteiger partial charge >= 0.3 is 0 Å². The smallest absolute Gasteiger partial charge is 0.141 e. The third kappa shape index (κ3) is 4.78. The lowest BCUT2D eigenvalue weighted by molar-refractivity contribution is 0.185. The third-order valence-corrected chi connectivity index (χ3v) is 6.53. The predicted molar refractivity (Wildman–Crippen MR) is 138 cm³/mol. The van der Waals surface area contributed by atoms with Gasteiger partial charge in [-0.1, -0.05) is 23.7 Å². The van der Waals surface area contributed by atoms with E-state index in [0.717, 1.165) is 46.9 Å². The Bertz CT molecular complexity index is 1460. The molecule has 1 saturated heterocycles. The Labute approximate surface area is 212 Å². The number of hydrogen-bond acceptors (Lipinski definition) is 7. The first kappa shape index (κ1) is 22.6. The second-order valence-corrected chi connectivity index (χ2v) is 9.21. The standard InChI is InChI=1S/C27H23ClFN5O2/c28-22-11-20(5-7-25(22)36-12-16-2-1-3-18(29)8-16)33-27-21-10-19(4-6-23(21)30-15-31-27)32-26-9-17-13-35-14-24(17)34-26/h1-11,15,17,24,32,34H,12-14H2,(H,30,31,33). The maximum Gasteiger partial charge on any atom is 0.141 e. The predicted octanol–water partition coefficient (Wildman–Crippen LogP) is 5.62. The van der Waals surface area contributed by atoms with E-state index in [4.69, 9.17) is 21.1 Å². The summed E-state index contributed by atoms with van der Waals surface area (Å²) in [5, 5.41) is 11.6. The highest BCUT2D eigenvalue weighted by Gasteiger charge is 2.32. The molecule has 1 aromatic heterocycles. The molecule has 2 atom stereocenters. The minimum atomic E-state index is -0.300. The molecule has 9 heteroatoms. The number of aromatic nitrogens is 2. The van der Waals surface area contributed by atoms with Gasteiger partial charge in [-0.25, -0.2) is 14.4 Å². The van der Waals surface area contributed by atoms with E-state index in [1.54, 1.807) is 24.3 Å². The van der Waals surface area contributed by atoms with Crippen LogP contribution in [0.3, 0.4) is 0 Å². The molecule has 36 heavy (non-hydrogen) atoms. The number of ether oxygens (including phenoxy) is 2. The molecule has 182 valence electrons. The molecular weight excluding hydrogens is 481 g/mol. The monoisotopic (exact) mass is 503 g/mol. The van der Waals surface area contributed by atoms with Crippen LogP contribution < -0.4 is 20.7 Å². The normalized spacial score (nSPS) is 18.4. The van der Waals surface area contributed by atoms with Crippen LogP contribution in [0.4, 0.5) is 21.6 Å². The van der Waals surface area contributed by atoms with E-state index in [-0.39, 0.29) is 12.4 Å². The molecule has 3 N–H and O–H groups in total. The summed E-state index contributed by atoms with van der Waals surface area (Å²) in [5.41, 5.74) is 3.23. The average Bonchev–Trinajstić information content (AvgIpc) is 3.46. The van der Waals surface area contributed by atoms with Crippen molar-refractivity contribution in [1.29, 1.82) is 0 Å². The Hall–Kier alpha value is -3.88. The summed E-state index contributed by atoms with van der Waals surface area (Å²) < 4.78 is 24.7. The van der Waals surface area contributed by atoms with E-state index in [1.807, 2.05) is 24.3 Å². The molecule has 2 aliphatic heterocycles. The van der Waals surface area contributed by atoms with Crippen LogP contribution in [-0.2, 0) is 11.3 Å². The number of anilines is 3. The molecule has 1 fully saturated rings. The van der Waals surface area contributed by atoms with Crippen LogP contribution in [-0.4, -0.2) is 29.2 Å². The molecule has 0 spiro atoms. The average molecular weight is 504 g/mol. The van der Waals surface area contributed by atoms with Gasteiger partial charge in [0, 0.05) is 22.7 Å². The second kappa shape index (κ2) is 9.64. The molecule has 0 radical (unpaired) electrons. The first-order valence-corrected chi connectivity index (χ1v) is 12.0. The number of nitrogens with one attached hydrogen (secondary N) is 3. The highest BCUT2D eigenvalue weighted by molar-refractivity contribution is 6.32. The van der Waals surface area contributed by atoms with Crippen LogP contribution in [0.15, 0.2) is 78.9 Å². The van der Waals surface area contributed by atoms with E-state index < -0.39 is 0 Å². The minimum Gasteiger partial charge on any atom is -0.487 e. The number of fused-ring (bicyclic) bond motifs is 2. The van der Waals surface area contributed by atoms with Crippen molar-refractivity contribution >= 4 is 39.7 Å². The van der Waals surface area contributed by atoms with Crippen molar-refractivity contribution in [3.05, 3.63) is 95.3 Å². The van der Waals surface area contributed by atoms with Gasteiger partial charge in [-0.3, -0.25) is 0 Å². The lowest BCUT2D eigenvalue weighted by Gasteiger charge is -2.14. The van der Waals surface area contributed by atoms with Gasteiger partial charge in [0.1, 0.15) is 30.3 Å². The fourth-order valence-electron chi connectivity index (χ4n) is 4.43. The third-order valence-electron chi connectivity index (χ3n) is 6.24. The van der Waals surface area contributed by atoms with Crippen molar-refractivity contribution in [3.8, 4) is 5.75 Å². The number of benzene rings is 3. The van der Waals surface area contributed by atoms with Crippen LogP contribution in [0.25, 0.3) is 10.9 Å². The Balaban J connectivity index is 1.18. The number of nitrogens with zero attached hydrogens (tertiary/aromatic N) is 2. The van der Waals surface area contributed by atoms with Crippen molar-refractivity contribution in [2.45, 2.75) is 12.6 Å². The zero-order chi connectivity index (χ0) is 24.5. The lowest BCUT2D eigenvalue weighted by atomic mass is 10.1. The van der Waals surface area contributed by atoms with Crippen molar-refractivity contribution in [1.82, 2.24) is 15.3 Å². The summed E-state index contributed by atoms with van der Waals surface area (Å²) in [6.07, 6.45) is 3.71. The molecule has 0 bridgehead atoms. The Morgan fingerprint density at radius 1 is 1.03 bits per heavy atom. The Morgan fingerprint density at radius 3 is 2.78 bits per heavy atom. The van der Waals surface area contributed by atoms with Gasteiger partial charge in [0.05, 0.1) is 35.6 Å². The van der Waals surface area contributed by atoms with Gasteiger partial charge in [-0.05, 0) is 60.2 Å². The SMILES string of the molecule is Fc1cccc(COc2ccc(Nc3ncnc4ccc(NC5=CC6COCC6N5)cc34)cc2Cl)c1.